The van der Waals surface area contributed by atoms with Crippen LogP contribution in [0.4, 0.5) is 0 Å². The van der Waals surface area contributed by atoms with E-state index in [0.717, 1.165) is 0 Å². The number of phenols is 1. The van der Waals surface area contributed by atoms with Gasteiger partial charge in [0.2, 0.25) is 0 Å². The number of hydrogen-bond acceptors (Lipinski definition) is 3. The molecule has 2 rings (SSSR count). The molecule has 0 aliphatic carbocycles. The van der Waals surface area contributed by atoms with Crippen LogP contribution in [0.2, 0.25) is 0 Å². The highest BCUT2D eigenvalue weighted by atomic mass is 16.3. The Hall–Kier alpha value is -2.82. The molecule has 0 saturated carbocycles. The van der Waals surface area contributed by atoms with Crippen molar-refractivity contribution in [3.05, 3.63) is 65.7 Å². The van der Waals surface area contributed by atoms with Crippen molar-refractivity contribution in [3.8, 4) is 5.75 Å². The molecule has 5 heteroatoms. The van der Waals surface area contributed by atoms with E-state index in [9.17, 15) is 14.7 Å². The molecule has 0 saturated heterocycles. The molecule has 2 amide bonds. The molecule has 0 aromatic heterocycles. The summed E-state index contributed by atoms with van der Waals surface area (Å²) < 4.78 is 0. The van der Waals surface area contributed by atoms with Gasteiger partial charge in [-0.05, 0) is 24.3 Å². The van der Waals surface area contributed by atoms with Crippen LogP contribution in [0.5, 0.6) is 5.75 Å². The Kier molecular flexibility index (Phi) is 4.93. The van der Waals surface area contributed by atoms with Crippen molar-refractivity contribution >= 4 is 11.8 Å². The molecule has 2 aromatic carbocycles. The molecule has 0 aliphatic heterocycles. The molecule has 0 unspecified atom stereocenters. The minimum absolute atomic E-state index is 0.0664. The maximum absolute atomic E-state index is 11.8. The fourth-order valence-corrected chi connectivity index (χ4v) is 1.80. The van der Waals surface area contributed by atoms with Crippen LogP contribution >= 0.6 is 0 Å². The summed E-state index contributed by atoms with van der Waals surface area (Å²) in [5.41, 5.74) is 0.788. The van der Waals surface area contributed by atoms with Crippen LogP contribution < -0.4 is 10.6 Å². The lowest BCUT2D eigenvalue weighted by Gasteiger charge is -2.08. The molecule has 2 aromatic rings. The van der Waals surface area contributed by atoms with Crippen molar-refractivity contribution in [2.24, 2.45) is 0 Å². The zero-order valence-electron chi connectivity index (χ0n) is 11.4. The highest BCUT2D eigenvalue weighted by molar-refractivity contribution is 5.97. The summed E-state index contributed by atoms with van der Waals surface area (Å²) in [6, 6.07) is 15.1. The Morgan fingerprint density at radius 2 is 1.38 bits per heavy atom. The van der Waals surface area contributed by atoms with Crippen molar-refractivity contribution in [1.29, 1.82) is 0 Å². The summed E-state index contributed by atoms with van der Waals surface area (Å²) in [5, 5.41) is 14.9. The number of rotatable bonds is 5. The normalized spacial score (nSPS) is 9.90. The van der Waals surface area contributed by atoms with Gasteiger partial charge in [0, 0.05) is 18.7 Å². The largest absolute Gasteiger partial charge is 0.507 e. The molecule has 3 N–H and O–H groups in total. The van der Waals surface area contributed by atoms with Crippen molar-refractivity contribution < 1.29 is 14.7 Å². The van der Waals surface area contributed by atoms with E-state index in [1.54, 1.807) is 36.4 Å². The minimum atomic E-state index is -0.373. The van der Waals surface area contributed by atoms with Gasteiger partial charge in [0.25, 0.3) is 11.8 Å². The van der Waals surface area contributed by atoms with E-state index < -0.39 is 0 Å². The summed E-state index contributed by atoms with van der Waals surface area (Å²) in [6.07, 6.45) is 0. The predicted octanol–water partition coefficient (Wildman–Crippen LogP) is 1.55. The van der Waals surface area contributed by atoms with Gasteiger partial charge in [0.15, 0.2) is 0 Å². The maximum atomic E-state index is 11.8. The monoisotopic (exact) mass is 284 g/mol. The Morgan fingerprint density at radius 1 is 0.810 bits per heavy atom. The van der Waals surface area contributed by atoms with Crippen LogP contribution in [-0.2, 0) is 0 Å². The van der Waals surface area contributed by atoms with Gasteiger partial charge in [-0.2, -0.15) is 0 Å². The Balaban J connectivity index is 1.76. The molecule has 0 heterocycles. The molecule has 0 aliphatic rings. The van der Waals surface area contributed by atoms with Gasteiger partial charge in [0.05, 0.1) is 5.56 Å². The number of phenolic OH excluding ortho intramolecular Hbond substituents is 1. The van der Waals surface area contributed by atoms with E-state index in [0.29, 0.717) is 12.1 Å². The van der Waals surface area contributed by atoms with Crippen LogP contribution in [0.1, 0.15) is 20.7 Å². The van der Waals surface area contributed by atoms with E-state index in [-0.39, 0.29) is 29.7 Å². The third-order valence-corrected chi connectivity index (χ3v) is 2.88. The summed E-state index contributed by atoms with van der Waals surface area (Å²) in [4.78, 5) is 23.5. The molecule has 5 nitrogen and oxygen atoms in total. The Labute approximate surface area is 122 Å². The SMILES string of the molecule is O=C(NCCNC(=O)c1ccccc1O)c1ccccc1. The van der Waals surface area contributed by atoms with Gasteiger partial charge < -0.3 is 15.7 Å². The number of benzene rings is 2. The molecular formula is C16H16N2O3. The fourth-order valence-electron chi connectivity index (χ4n) is 1.80. The third-order valence-electron chi connectivity index (χ3n) is 2.88. The summed E-state index contributed by atoms with van der Waals surface area (Å²) in [6.45, 7) is 0.596. The second-order valence-electron chi connectivity index (χ2n) is 4.39. The lowest BCUT2D eigenvalue weighted by Crippen LogP contribution is -2.34. The molecule has 21 heavy (non-hydrogen) atoms. The van der Waals surface area contributed by atoms with Crippen molar-refractivity contribution in [2.45, 2.75) is 0 Å². The molecule has 108 valence electrons. The number of nitrogens with one attached hydrogen (secondary N) is 2. The zero-order valence-corrected chi connectivity index (χ0v) is 11.4. The first kappa shape index (κ1) is 14.6. The highest BCUT2D eigenvalue weighted by Crippen LogP contribution is 2.14. The smallest absolute Gasteiger partial charge is 0.255 e. The van der Waals surface area contributed by atoms with Gasteiger partial charge in [-0.15, -0.1) is 0 Å². The van der Waals surface area contributed by atoms with E-state index >= 15 is 0 Å². The number of amides is 2. The average Bonchev–Trinajstić information content (AvgIpc) is 2.52. The Morgan fingerprint density at radius 3 is 2.05 bits per heavy atom. The molecule has 0 atom stereocenters. The van der Waals surface area contributed by atoms with Crippen molar-refractivity contribution in [1.82, 2.24) is 10.6 Å². The fraction of sp³-hybridized carbons (Fsp3) is 0.125. The van der Waals surface area contributed by atoms with Gasteiger partial charge in [0.1, 0.15) is 5.75 Å². The van der Waals surface area contributed by atoms with Crippen LogP contribution in [0.15, 0.2) is 54.6 Å². The quantitative estimate of drug-likeness (QED) is 0.729. The topological polar surface area (TPSA) is 78.4 Å². The molecule has 0 spiro atoms. The first-order valence-corrected chi connectivity index (χ1v) is 6.58. The standard InChI is InChI=1S/C16H16N2O3/c19-14-9-5-4-8-13(14)16(21)18-11-10-17-15(20)12-6-2-1-3-7-12/h1-9,19H,10-11H2,(H,17,20)(H,18,21). The van der Waals surface area contributed by atoms with Crippen molar-refractivity contribution in [3.63, 3.8) is 0 Å². The first-order chi connectivity index (χ1) is 10.2. The van der Waals surface area contributed by atoms with Gasteiger partial charge in [-0.1, -0.05) is 30.3 Å². The molecule has 0 fully saturated rings. The van der Waals surface area contributed by atoms with E-state index in [2.05, 4.69) is 10.6 Å². The van der Waals surface area contributed by atoms with E-state index in [4.69, 9.17) is 0 Å². The lowest BCUT2D eigenvalue weighted by molar-refractivity contribution is 0.0926. The zero-order chi connectivity index (χ0) is 15.1. The number of carbonyl (C=O) groups is 2. The number of aromatic hydroxyl groups is 1. The summed E-state index contributed by atoms with van der Waals surface area (Å²) >= 11 is 0. The molecule has 0 bridgehead atoms. The van der Waals surface area contributed by atoms with E-state index in [1.165, 1.54) is 12.1 Å². The highest BCUT2D eigenvalue weighted by Gasteiger charge is 2.09. The molecular weight excluding hydrogens is 268 g/mol. The summed E-state index contributed by atoms with van der Waals surface area (Å²) in [7, 11) is 0. The lowest BCUT2D eigenvalue weighted by atomic mass is 10.2. The van der Waals surface area contributed by atoms with Gasteiger partial charge >= 0.3 is 0 Å². The van der Waals surface area contributed by atoms with Gasteiger partial charge in [-0.3, -0.25) is 9.59 Å². The van der Waals surface area contributed by atoms with Crippen molar-refractivity contribution in [2.75, 3.05) is 13.1 Å². The van der Waals surface area contributed by atoms with Crippen LogP contribution in [0, 0.1) is 0 Å². The van der Waals surface area contributed by atoms with E-state index in [1.807, 2.05) is 6.07 Å². The van der Waals surface area contributed by atoms with Crippen LogP contribution in [-0.4, -0.2) is 30.0 Å². The second kappa shape index (κ2) is 7.09. The third kappa shape index (κ3) is 4.07. The van der Waals surface area contributed by atoms with Crippen LogP contribution in [0.25, 0.3) is 0 Å². The average molecular weight is 284 g/mol. The molecule has 0 radical (unpaired) electrons. The van der Waals surface area contributed by atoms with Crippen LogP contribution in [0.3, 0.4) is 0 Å². The second-order valence-corrected chi connectivity index (χ2v) is 4.39. The number of carbonyl (C=O) groups excluding carboxylic acids is 2. The first-order valence-electron chi connectivity index (χ1n) is 6.58. The maximum Gasteiger partial charge on any atom is 0.255 e. The number of para-hydroxylation sites is 1. The van der Waals surface area contributed by atoms with Gasteiger partial charge in [-0.25, -0.2) is 0 Å². The Bertz CT molecular complexity index is 626. The minimum Gasteiger partial charge on any atom is -0.507 e. The summed E-state index contributed by atoms with van der Waals surface area (Å²) in [5.74, 6) is -0.627. The predicted molar refractivity (Wildman–Crippen MR) is 79.2 cm³/mol. The number of hydrogen-bond donors (Lipinski definition) is 3.